The molecule has 2 rings (SSSR count). The molecule has 0 fully saturated rings. The molecule has 0 N–H and O–H groups in total. The molecule has 1 atom stereocenters. The lowest BCUT2D eigenvalue weighted by Gasteiger charge is -2.44. The van der Waals surface area contributed by atoms with Gasteiger partial charge in [-0.05, 0) is 15.4 Å². The zero-order valence-electron chi connectivity index (χ0n) is 15.9. The van der Waals surface area contributed by atoms with Crippen LogP contribution in [0.15, 0.2) is 60.7 Å². The molecule has 26 heavy (non-hydrogen) atoms. The van der Waals surface area contributed by atoms with Crippen LogP contribution < -0.4 is 10.4 Å². The standard InChI is InChI=1S/C21H27BrO3Si/c1-21(2,3)26(18-11-7-5-8-12-18,19-13-9-6-10-14-19)25-17(16-22)15-20(23)24-4/h5-14,17H,15-16H2,1-4H3. The minimum absolute atomic E-state index is 0.119. The van der Waals surface area contributed by atoms with E-state index in [1.807, 2.05) is 12.1 Å². The Morgan fingerprint density at radius 2 is 1.46 bits per heavy atom. The second-order valence-corrected chi connectivity index (χ2v) is 12.2. The van der Waals surface area contributed by atoms with Gasteiger partial charge in [0.15, 0.2) is 0 Å². The summed E-state index contributed by atoms with van der Waals surface area (Å²) in [6.45, 7) is 6.67. The van der Waals surface area contributed by atoms with Gasteiger partial charge >= 0.3 is 5.97 Å². The normalized spacial score (nSPS) is 13.3. The molecule has 0 bridgehead atoms. The highest BCUT2D eigenvalue weighted by molar-refractivity contribution is 9.09. The first-order valence-electron chi connectivity index (χ1n) is 8.77. The summed E-state index contributed by atoms with van der Waals surface area (Å²) in [7, 11) is -1.24. The van der Waals surface area contributed by atoms with Crippen LogP contribution in [-0.4, -0.2) is 32.8 Å². The summed E-state index contributed by atoms with van der Waals surface area (Å²) < 4.78 is 11.8. The molecule has 0 spiro atoms. The third-order valence-corrected chi connectivity index (χ3v) is 10.4. The molecule has 0 saturated carbocycles. The molecule has 0 radical (unpaired) electrons. The zero-order chi connectivity index (χ0) is 19.2. The summed E-state index contributed by atoms with van der Waals surface area (Å²) in [6, 6.07) is 20.8. The molecule has 0 aliphatic heterocycles. The van der Waals surface area contributed by atoms with Crippen LogP contribution in [0.3, 0.4) is 0 Å². The van der Waals surface area contributed by atoms with Crippen LogP contribution in [0, 0.1) is 0 Å². The van der Waals surface area contributed by atoms with Crippen molar-refractivity contribution in [1.82, 2.24) is 0 Å². The SMILES string of the molecule is COC(=O)CC(CBr)O[Si](c1ccccc1)(c1ccccc1)C(C)(C)C. The lowest BCUT2D eigenvalue weighted by atomic mass is 10.2. The molecule has 0 aromatic heterocycles. The number of carbonyl (C=O) groups excluding carboxylic acids is 1. The number of benzene rings is 2. The topological polar surface area (TPSA) is 35.5 Å². The molecule has 3 nitrogen and oxygen atoms in total. The van der Waals surface area contributed by atoms with Gasteiger partial charge in [0, 0.05) is 5.33 Å². The van der Waals surface area contributed by atoms with Gasteiger partial charge in [0.1, 0.15) is 0 Å². The largest absolute Gasteiger partial charge is 0.469 e. The third-order valence-electron chi connectivity index (χ3n) is 4.55. The van der Waals surface area contributed by atoms with E-state index in [1.54, 1.807) is 0 Å². The molecular formula is C21H27BrO3Si. The maximum absolute atomic E-state index is 11.9. The van der Waals surface area contributed by atoms with E-state index in [2.05, 4.69) is 85.2 Å². The highest BCUT2D eigenvalue weighted by atomic mass is 79.9. The first-order valence-corrected chi connectivity index (χ1v) is 11.8. The number of hydrogen-bond donors (Lipinski definition) is 0. The van der Waals surface area contributed by atoms with E-state index < -0.39 is 8.32 Å². The van der Waals surface area contributed by atoms with Gasteiger partial charge in [0.05, 0.1) is 19.6 Å². The summed E-state index contributed by atoms with van der Waals surface area (Å²) in [6.07, 6.45) is -0.0274. The maximum Gasteiger partial charge on any atom is 0.308 e. The predicted octanol–water partition coefficient (Wildman–Crippen LogP) is 3.89. The number of ether oxygens (including phenoxy) is 1. The summed E-state index contributed by atoms with van der Waals surface area (Å²) >= 11 is 3.53. The van der Waals surface area contributed by atoms with Crippen molar-refractivity contribution in [2.45, 2.75) is 38.3 Å². The molecule has 140 valence electrons. The van der Waals surface area contributed by atoms with Crippen molar-refractivity contribution in [1.29, 1.82) is 0 Å². The Balaban J connectivity index is 2.62. The van der Waals surface area contributed by atoms with Crippen LogP contribution in [0.2, 0.25) is 5.04 Å². The quantitative estimate of drug-likeness (QED) is 0.376. The van der Waals surface area contributed by atoms with Crippen LogP contribution in [0.5, 0.6) is 0 Å². The molecule has 0 saturated heterocycles. The fourth-order valence-electron chi connectivity index (χ4n) is 3.34. The Labute approximate surface area is 166 Å². The zero-order valence-corrected chi connectivity index (χ0v) is 18.5. The number of esters is 1. The average Bonchev–Trinajstić information content (AvgIpc) is 2.65. The van der Waals surface area contributed by atoms with Gasteiger partial charge in [-0.3, -0.25) is 4.79 Å². The monoisotopic (exact) mass is 434 g/mol. The lowest BCUT2D eigenvalue weighted by molar-refractivity contribution is -0.142. The molecule has 0 heterocycles. The molecule has 0 aliphatic rings. The second-order valence-electron chi connectivity index (χ2n) is 7.34. The summed E-state index contributed by atoms with van der Waals surface area (Å²) in [5.41, 5.74) is 0. The van der Waals surface area contributed by atoms with Crippen molar-refractivity contribution in [3.05, 3.63) is 60.7 Å². The summed E-state index contributed by atoms with van der Waals surface area (Å²) in [5.74, 6) is -0.257. The van der Waals surface area contributed by atoms with Crippen molar-refractivity contribution in [3.63, 3.8) is 0 Å². The van der Waals surface area contributed by atoms with Crippen molar-refractivity contribution in [2.75, 3.05) is 12.4 Å². The fraction of sp³-hybridized carbons (Fsp3) is 0.381. The van der Waals surface area contributed by atoms with E-state index in [0.29, 0.717) is 5.33 Å². The maximum atomic E-state index is 11.9. The first-order chi connectivity index (χ1) is 12.3. The van der Waals surface area contributed by atoms with Crippen LogP contribution in [0.25, 0.3) is 0 Å². The Morgan fingerprint density at radius 3 is 1.81 bits per heavy atom. The number of carbonyl (C=O) groups is 1. The molecule has 2 aromatic rings. The molecule has 5 heteroatoms. The first kappa shape index (κ1) is 20.9. The van der Waals surface area contributed by atoms with E-state index in [1.165, 1.54) is 17.5 Å². The van der Waals surface area contributed by atoms with E-state index >= 15 is 0 Å². The molecule has 0 amide bonds. The van der Waals surface area contributed by atoms with Gasteiger partial charge in [0.2, 0.25) is 0 Å². The van der Waals surface area contributed by atoms with Gasteiger partial charge in [-0.15, -0.1) is 0 Å². The van der Waals surface area contributed by atoms with E-state index in [9.17, 15) is 4.79 Å². The molecule has 0 aliphatic carbocycles. The number of halogens is 1. The smallest absolute Gasteiger partial charge is 0.308 e. The molecular weight excluding hydrogens is 408 g/mol. The highest BCUT2D eigenvalue weighted by Crippen LogP contribution is 2.38. The van der Waals surface area contributed by atoms with Crippen LogP contribution in [0.4, 0.5) is 0 Å². The summed E-state index contributed by atoms with van der Waals surface area (Å²) in [5, 5.41) is 2.86. The number of alkyl halides is 1. The fourth-order valence-corrected chi connectivity index (χ4v) is 8.62. The number of hydrogen-bond acceptors (Lipinski definition) is 3. The Morgan fingerprint density at radius 1 is 1.00 bits per heavy atom. The van der Waals surface area contributed by atoms with Gasteiger partial charge in [0.25, 0.3) is 8.32 Å². The summed E-state index contributed by atoms with van der Waals surface area (Å²) in [4.78, 5) is 11.9. The molecule has 1 unspecified atom stereocenters. The van der Waals surface area contributed by atoms with Gasteiger partial charge in [-0.1, -0.05) is 97.4 Å². The van der Waals surface area contributed by atoms with Crippen molar-refractivity contribution < 1.29 is 14.0 Å². The van der Waals surface area contributed by atoms with E-state index in [0.717, 1.165) is 0 Å². The Kier molecular flexibility index (Phi) is 7.21. The third kappa shape index (κ3) is 4.45. The average molecular weight is 435 g/mol. The number of rotatable bonds is 7. The van der Waals surface area contributed by atoms with Crippen molar-refractivity contribution in [3.8, 4) is 0 Å². The van der Waals surface area contributed by atoms with Crippen molar-refractivity contribution >= 4 is 40.6 Å². The minimum atomic E-state index is -2.65. The van der Waals surface area contributed by atoms with Crippen LogP contribution in [-0.2, 0) is 14.0 Å². The van der Waals surface area contributed by atoms with Gasteiger partial charge in [-0.25, -0.2) is 0 Å². The van der Waals surface area contributed by atoms with Crippen LogP contribution in [0.1, 0.15) is 27.2 Å². The predicted molar refractivity (Wildman–Crippen MR) is 113 cm³/mol. The van der Waals surface area contributed by atoms with Crippen LogP contribution >= 0.6 is 15.9 Å². The van der Waals surface area contributed by atoms with Gasteiger partial charge in [-0.2, -0.15) is 0 Å². The Hall–Kier alpha value is -1.43. The lowest BCUT2D eigenvalue weighted by Crippen LogP contribution is -2.68. The van der Waals surface area contributed by atoms with E-state index in [-0.39, 0.29) is 23.5 Å². The molecule has 2 aromatic carbocycles. The highest BCUT2D eigenvalue weighted by Gasteiger charge is 2.51. The van der Waals surface area contributed by atoms with E-state index in [4.69, 9.17) is 9.16 Å². The number of methoxy groups -OCH3 is 1. The Bertz CT molecular complexity index is 659. The minimum Gasteiger partial charge on any atom is -0.469 e. The van der Waals surface area contributed by atoms with Crippen molar-refractivity contribution in [2.24, 2.45) is 0 Å². The second kappa shape index (κ2) is 8.98. The van der Waals surface area contributed by atoms with Gasteiger partial charge < -0.3 is 9.16 Å².